The number of aryl methyl sites for hydroxylation is 2. The molecule has 0 saturated heterocycles. The third-order valence-electron chi connectivity index (χ3n) is 8.26. The van der Waals surface area contributed by atoms with Crippen molar-refractivity contribution in [1.29, 1.82) is 0 Å². The highest BCUT2D eigenvalue weighted by Gasteiger charge is 2.20. The number of hydrogen-bond donors (Lipinski definition) is 0. The Kier molecular flexibility index (Phi) is 8.44. The van der Waals surface area contributed by atoms with Crippen LogP contribution in [0.1, 0.15) is 43.4 Å². The van der Waals surface area contributed by atoms with Gasteiger partial charge in [0.25, 0.3) is 0 Å². The molecule has 0 aliphatic rings. The molecule has 41 heavy (non-hydrogen) atoms. The van der Waals surface area contributed by atoms with Crippen molar-refractivity contribution in [1.82, 2.24) is 0 Å². The Hall–Kier alpha value is -4.11. The van der Waals surface area contributed by atoms with Gasteiger partial charge in [0.15, 0.2) is 11.6 Å². The largest absolute Gasteiger partial charge is 0.206 e. The zero-order valence-corrected chi connectivity index (χ0v) is 24.1. The van der Waals surface area contributed by atoms with Crippen LogP contribution in [-0.2, 0) is 6.42 Å². The van der Waals surface area contributed by atoms with E-state index in [0.29, 0.717) is 17.0 Å². The number of rotatable bonds is 8. The van der Waals surface area contributed by atoms with Gasteiger partial charge in [0.2, 0.25) is 0 Å². The van der Waals surface area contributed by atoms with Gasteiger partial charge >= 0.3 is 0 Å². The Labute approximate surface area is 241 Å². The molecule has 0 aromatic heterocycles. The van der Waals surface area contributed by atoms with E-state index in [2.05, 4.69) is 13.8 Å². The zero-order valence-electron chi connectivity index (χ0n) is 24.1. The molecule has 0 spiro atoms. The lowest BCUT2D eigenvalue weighted by atomic mass is 9.90. The molecule has 0 aliphatic carbocycles. The fourth-order valence-electron chi connectivity index (χ4n) is 5.52. The van der Waals surface area contributed by atoms with Crippen LogP contribution in [0.5, 0.6) is 0 Å². The second kappa shape index (κ2) is 12.2. The second-order valence-electron chi connectivity index (χ2n) is 11.1. The molecule has 0 aliphatic heterocycles. The van der Waals surface area contributed by atoms with Gasteiger partial charge in [-0.3, -0.25) is 0 Å². The number of hydrogen-bond acceptors (Lipinski definition) is 0. The summed E-state index contributed by atoms with van der Waals surface area (Å²) in [6, 6.07) is 29.4. The SMILES string of the molecule is CC[C@H](C)CCc1c(C)cc(-c2ccc(-c3ccc(-c4ccc(-c5ccccc5)cc4)cc3F)c(F)c2F)cc1C. The summed E-state index contributed by atoms with van der Waals surface area (Å²) < 4.78 is 46.2. The lowest BCUT2D eigenvalue weighted by molar-refractivity contribution is 0.512. The number of halogens is 3. The quantitative estimate of drug-likeness (QED) is 0.181. The predicted octanol–water partition coefficient (Wildman–Crippen LogP) is 11.4. The Morgan fingerprint density at radius 2 is 1.07 bits per heavy atom. The first-order valence-electron chi connectivity index (χ1n) is 14.3. The van der Waals surface area contributed by atoms with Gasteiger partial charge in [-0.15, -0.1) is 0 Å². The molecule has 0 unspecified atom stereocenters. The van der Waals surface area contributed by atoms with Gasteiger partial charge in [-0.05, 0) is 83.2 Å². The molecule has 0 bridgehead atoms. The fraction of sp³-hybridized carbons (Fsp3) is 0.211. The molecule has 3 heteroatoms. The summed E-state index contributed by atoms with van der Waals surface area (Å²) in [5.41, 5.74) is 7.85. The molecular formula is C38H35F3. The molecule has 0 N–H and O–H groups in total. The van der Waals surface area contributed by atoms with E-state index in [0.717, 1.165) is 47.1 Å². The maximum absolute atomic E-state index is 15.5. The van der Waals surface area contributed by atoms with E-state index in [1.807, 2.05) is 80.6 Å². The van der Waals surface area contributed by atoms with Crippen molar-refractivity contribution in [3.8, 4) is 44.5 Å². The minimum atomic E-state index is -1.04. The van der Waals surface area contributed by atoms with E-state index in [-0.39, 0.29) is 16.7 Å². The van der Waals surface area contributed by atoms with Crippen LogP contribution in [0, 0.1) is 37.2 Å². The normalized spacial score (nSPS) is 12.0. The van der Waals surface area contributed by atoms with Crippen LogP contribution in [0.2, 0.25) is 0 Å². The molecule has 0 nitrogen and oxygen atoms in total. The monoisotopic (exact) mass is 548 g/mol. The molecule has 5 aromatic rings. The van der Waals surface area contributed by atoms with Crippen LogP contribution in [0.15, 0.2) is 97.1 Å². The van der Waals surface area contributed by atoms with Crippen molar-refractivity contribution in [3.05, 3.63) is 131 Å². The molecular weight excluding hydrogens is 513 g/mol. The van der Waals surface area contributed by atoms with E-state index in [1.165, 1.54) is 23.8 Å². The third kappa shape index (κ3) is 6.00. The van der Waals surface area contributed by atoms with Crippen LogP contribution in [0.3, 0.4) is 0 Å². The molecule has 0 heterocycles. The second-order valence-corrected chi connectivity index (χ2v) is 11.1. The van der Waals surface area contributed by atoms with Crippen molar-refractivity contribution in [2.24, 2.45) is 5.92 Å². The summed E-state index contributed by atoms with van der Waals surface area (Å²) in [6.07, 6.45) is 3.20. The molecule has 5 rings (SSSR count). The van der Waals surface area contributed by atoms with Crippen LogP contribution in [0.25, 0.3) is 44.5 Å². The van der Waals surface area contributed by atoms with Crippen molar-refractivity contribution in [2.45, 2.75) is 47.0 Å². The van der Waals surface area contributed by atoms with Crippen molar-refractivity contribution < 1.29 is 13.2 Å². The predicted molar refractivity (Wildman–Crippen MR) is 165 cm³/mol. The summed E-state index contributed by atoms with van der Waals surface area (Å²) in [4.78, 5) is 0. The maximum Gasteiger partial charge on any atom is 0.167 e. The van der Waals surface area contributed by atoms with Gasteiger partial charge in [-0.1, -0.05) is 111 Å². The summed E-state index contributed by atoms with van der Waals surface area (Å²) >= 11 is 0. The lowest BCUT2D eigenvalue weighted by Crippen LogP contribution is -2.01. The van der Waals surface area contributed by atoms with Gasteiger partial charge in [0.1, 0.15) is 5.82 Å². The fourth-order valence-corrected chi connectivity index (χ4v) is 5.52. The average Bonchev–Trinajstić information content (AvgIpc) is 2.98. The van der Waals surface area contributed by atoms with E-state index in [1.54, 1.807) is 12.1 Å². The Morgan fingerprint density at radius 3 is 1.68 bits per heavy atom. The van der Waals surface area contributed by atoms with Crippen LogP contribution in [-0.4, -0.2) is 0 Å². The molecule has 5 aromatic carbocycles. The number of benzene rings is 5. The molecule has 0 fully saturated rings. The highest BCUT2D eigenvalue weighted by atomic mass is 19.2. The van der Waals surface area contributed by atoms with E-state index < -0.39 is 17.5 Å². The van der Waals surface area contributed by atoms with E-state index >= 15 is 13.2 Å². The first-order valence-corrected chi connectivity index (χ1v) is 14.3. The van der Waals surface area contributed by atoms with Gasteiger partial charge in [-0.2, -0.15) is 0 Å². The molecule has 1 atom stereocenters. The highest BCUT2D eigenvalue weighted by molar-refractivity contribution is 5.76. The lowest BCUT2D eigenvalue weighted by Gasteiger charge is -2.16. The summed E-state index contributed by atoms with van der Waals surface area (Å²) in [5, 5.41) is 0. The Balaban J connectivity index is 1.41. The van der Waals surface area contributed by atoms with Crippen LogP contribution < -0.4 is 0 Å². The molecule has 208 valence electrons. The molecule has 0 radical (unpaired) electrons. The molecule has 0 amide bonds. The van der Waals surface area contributed by atoms with Gasteiger partial charge in [0.05, 0.1) is 0 Å². The first-order chi connectivity index (χ1) is 19.8. The van der Waals surface area contributed by atoms with Gasteiger partial charge < -0.3 is 0 Å². The molecule has 0 saturated carbocycles. The Morgan fingerprint density at radius 1 is 0.561 bits per heavy atom. The standard InChI is InChI=1S/C38H35F3/c1-5-24(2)11-17-32-25(3)21-31(22-26(32)4)33-19-20-35(38(41)37(33)40)34-18-16-30(23-36(34)39)29-14-12-28(13-15-29)27-9-7-6-8-10-27/h6-10,12-16,18-24H,5,11,17H2,1-4H3/t24-/m0/s1. The topological polar surface area (TPSA) is 0 Å². The van der Waals surface area contributed by atoms with Crippen molar-refractivity contribution in [3.63, 3.8) is 0 Å². The zero-order chi connectivity index (χ0) is 29.1. The summed E-state index contributed by atoms with van der Waals surface area (Å²) in [7, 11) is 0. The van der Waals surface area contributed by atoms with E-state index in [4.69, 9.17) is 0 Å². The van der Waals surface area contributed by atoms with Crippen molar-refractivity contribution >= 4 is 0 Å². The van der Waals surface area contributed by atoms with Crippen LogP contribution >= 0.6 is 0 Å². The van der Waals surface area contributed by atoms with Crippen LogP contribution in [0.4, 0.5) is 13.2 Å². The van der Waals surface area contributed by atoms with Crippen molar-refractivity contribution in [2.75, 3.05) is 0 Å². The minimum Gasteiger partial charge on any atom is -0.206 e. The van der Waals surface area contributed by atoms with Gasteiger partial charge in [0, 0.05) is 16.7 Å². The average molecular weight is 549 g/mol. The summed E-state index contributed by atoms with van der Waals surface area (Å²) in [5.74, 6) is -1.97. The third-order valence-corrected chi connectivity index (χ3v) is 8.26. The van der Waals surface area contributed by atoms with E-state index in [9.17, 15) is 0 Å². The Bertz CT molecular complexity index is 1640. The highest BCUT2D eigenvalue weighted by Crippen LogP contribution is 2.36. The summed E-state index contributed by atoms with van der Waals surface area (Å²) in [6.45, 7) is 8.49. The maximum atomic E-state index is 15.5. The minimum absolute atomic E-state index is 0.0327. The smallest absolute Gasteiger partial charge is 0.167 e. The first kappa shape index (κ1) is 28.4. The van der Waals surface area contributed by atoms with Gasteiger partial charge in [-0.25, -0.2) is 13.2 Å².